The summed E-state index contributed by atoms with van der Waals surface area (Å²) in [6, 6.07) is 13.0. The molecule has 0 saturated carbocycles. The van der Waals surface area contributed by atoms with E-state index in [2.05, 4.69) is 5.32 Å². The highest BCUT2D eigenvalue weighted by Crippen LogP contribution is 2.41. The normalized spacial score (nSPS) is 12.6. The van der Waals surface area contributed by atoms with Crippen molar-refractivity contribution in [2.24, 2.45) is 4.99 Å². The van der Waals surface area contributed by atoms with Crippen molar-refractivity contribution in [2.75, 3.05) is 26.1 Å². The van der Waals surface area contributed by atoms with Gasteiger partial charge in [0.2, 0.25) is 0 Å². The highest BCUT2D eigenvalue weighted by molar-refractivity contribution is 7.16. The summed E-state index contributed by atoms with van der Waals surface area (Å²) in [6.45, 7) is 2.54. The van der Waals surface area contributed by atoms with Crippen LogP contribution in [0.4, 0.5) is 10.7 Å². The van der Waals surface area contributed by atoms with Gasteiger partial charge in [-0.15, -0.1) is 11.3 Å². The molecule has 0 saturated heterocycles. The molecule has 0 aliphatic heterocycles. The van der Waals surface area contributed by atoms with Gasteiger partial charge in [0.1, 0.15) is 10.8 Å². The lowest BCUT2D eigenvalue weighted by molar-refractivity contribution is 0.102. The molecule has 1 aliphatic carbocycles. The number of hydrogen-bond donors (Lipinski definition) is 1. The van der Waals surface area contributed by atoms with Crippen LogP contribution in [0.5, 0.6) is 17.2 Å². The Balaban J connectivity index is 1.63. The zero-order valence-electron chi connectivity index (χ0n) is 18.4. The molecular formula is C25H26N2O4S. The predicted molar refractivity (Wildman–Crippen MR) is 129 cm³/mol. The van der Waals surface area contributed by atoms with Gasteiger partial charge < -0.3 is 19.5 Å². The molecule has 1 aliphatic rings. The summed E-state index contributed by atoms with van der Waals surface area (Å²) in [4.78, 5) is 19.2. The quantitative estimate of drug-likeness (QED) is 0.450. The van der Waals surface area contributed by atoms with Crippen molar-refractivity contribution in [1.29, 1.82) is 0 Å². The molecule has 166 valence electrons. The van der Waals surface area contributed by atoms with Gasteiger partial charge in [-0.25, -0.2) is 4.99 Å². The van der Waals surface area contributed by atoms with E-state index in [0.717, 1.165) is 41.8 Å². The first-order chi connectivity index (χ1) is 15.6. The minimum absolute atomic E-state index is 0.140. The number of anilines is 1. The van der Waals surface area contributed by atoms with Crippen LogP contribution in [0.1, 0.15) is 39.7 Å². The number of ether oxygens (including phenoxy) is 3. The summed E-state index contributed by atoms with van der Waals surface area (Å²) in [6.07, 6.45) is 4.69. The van der Waals surface area contributed by atoms with Gasteiger partial charge in [0.25, 0.3) is 5.91 Å². The lowest BCUT2D eigenvalue weighted by Crippen LogP contribution is -2.13. The third-order valence-electron chi connectivity index (χ3n) is 5.31. The molecule has 0 unspecified atom stereocenters. The number of carbonyl (C=O) groups excluding carboxylic acids is 1. The highest BCUT2D eigenvalue weighted by Gasteiger charge is 2.26. The van der Waals surface area contributed by atoms with Crippen LogP contribution in [0.2, 0.25) is 0 Å². The number of methoxy groups -OCH3 is 2. The van der Waals surface area contributed by atoms with Gasteiger partial charge in [0.15, 0.2) is 11.5 Å². The summed E-state index contributed by atoms with van der Waals surface area (Å²) < 4.78 is 16.3. The van der Waals surface area contributed by atoms with Crippen LogP contribution in [0, 0.1) is 0 Å². The summed E-state index contributed by atoms with van der Waals surface area (Å²) in [5.74, 6) is 1.89. The summed E-state index contributed by atoms with van der Waals surface area (Å²) in [5, 5.41) is 3.73. The van der Waals surface area contributed by atoms with E-state index in [-0.39, 0.29) is 5.91 Å². The van der Waals surface area contributed by atoms with Crippen LogP contribution in [-0.4, -0.2) is 32.9 Å². The molecular weight excluding hydrogens is 424 g/mol. The van der Waals surface area contributed by atoms with Crippen molar-refractivity contribution in [3.63, 3.8) is 0 Å². The van der Waals surface area contributed by atoms with Crippen LogP contribution < -0.4 is 19.5 Å². The van der Waals surface area contributed by atoms with Gasteiger partial charge in [-0.1, -0.05) is 6.07 Å². The van der Waals surface area contributed by atoms with Crippen molar-refractivity contribution in [1.82, 2.24) is 0 Å². The molecule has 0 radical (unpaired) electrons. The second-order valence-corrected chi connectivity index (χ2v) is 8.37. The van der Waals surface area contributed by atoms with E-state index in [4.69, 9.17) is 19.2 Å². The van der Waals surface area contributed by atoms with Crippen LogP contribution in [0.25, 0.3) is 0 Å². The second kappa shape index (κ2) is 9.87. The average Bonchev–Trinajstić information content (AvgIpc) is 3.39. The number of aliphatic imine (C=N–C) groups is 1. The summed E-state index contributed by atoms with van der Waals surface area (Å²) in [5.41, 5.74) is 3.29. The number of para-hydroxylation sites is 1. The minimum atomic E-state index is -0.140. The smallest absolute Gasteiger partial charge is 0.259 e. The molecule has 7 heteroatoms. The number of hydrogen-bond acceptors (Lipinski definition) is 6. The number of fused-ring (bicyclic) bond motifs is 1. The fourth-order valence-electron chi connectivity index (χ4n) is 3.85. The number of thiophene rings is 1. The zero-order valence-corrected chi connectivity index (χ0v) is 19.3. The van der Waals surface area contributed by atoms with Gasteiger partial charge in [0.05, 0.1) is 26.4 Å². The number of carbonyl (C=O) groups is 1. The Morgan fingerprint density at radius 1 is 1.12 bits per heavy atom. The Morgan fingerprint density at radius 2 is 1.94 bits per heavy atom. The fourth-order valence-corrected chi connectivity index (χ4v) is 5.08. The molecule has 32 heavy (non-hydrogen) atoms. The number of nitrogens with one attached hydrogen (secondary N) is 1. The maximum absolute atomic E-state index is 13.2. The molecule has 1 heterocycles. The van der Waals surface area contributed by atoms with E-state index >= 15 is 0 Å². The summed E-state index contributed by atoms with van der Waals surface area (Å²) in [7, 11) is 3.20. The maximum atomic E-state index is 13.2. The molecule has 1 amide bonds. The predicted octanol–water partition coefficient (Wildman–Crippen LogP) is 5.66. The maximum Gasteiger partial charge on any atom is 0.259 e. The molecule has 3 aromatic rings. The molecule has 0 spiro atoms. The van der Waals surface area contributed by atoms with E-state index in [0.29, 0.717) is 28.7 Å². The molecule has 1 aromatic heterocycles. The lowest BCUT2D eigenvalue weighted by atomic mass is 10.1. The van der Waals surface area contributed by atoms with E-state index < -0.39 is 0 Å². The van der Waals surface area contributed by atoms with E-state index in [1.54, 1.807) is 31.8 Å². The van der Waals surface area contributed by atoms with E-state index in [9.17, 15) is 4.79 Å². The number of nitrogens with zero attached hydrogens (tertiary/aromatic N) is 1. The third kappa shape index (κ3) is 4.48. The second-order valence-electron chi connectivity index (χ2n) is 7.29. The SMILES string of the molecule is CCOc1ccc(NC(=O)c2c(/N=C/c3cccc(OC)c3OC)sc3c2CCC3)cc1. The largest absolute Gasteiger partial charge is 0.494 e. The highest BCUT2D eigenvalue weighted by atomic mass is 32.1. The third-order valence-corrected chi connectivity index (χ3v) is 6.51. The van der Waals surface area contributed by atoms with Gasteiger partial charge >= 0.3 is 0 Å². The van der Waals surface area contributed by atoms with Crippen molar-refractivity contribution >= 4 is 34.1 Å². The minimum Gasteiger partial charge on any atom is -0.494 e. The van der Waals surface area contributed by atoms with Crippen molar-refractivity contribution in [3.05, 3.63) is 64.0 Å². The number of rotatable bonds is 8. The van der Waals surface area contributed by atoms with Crippen LogP contribution in [-0.2, 0) is 12.8 Å². The first-order valence-electron chi connectivity index (χ1n) is 10.6. The number of benzene rings is 2. The van der Waals surface area contributed by atoms with Crippen LogP contribution >= 0.6 is 11.3 Å². The lowest BCUT2D eigenvalue weighted by Gasteiger charge is -2.10. The Labute approximate surface area is 191 Å². The monoisotopic (exact) mass is 450 g/mol. The van der Waals surface area contributed by atoms with Gasteiger partial charge in [-0.2, -0.15) is 0 Å². The number of amides is 1. The Morgan fingerprint density at radius 3 is 2.66 bits per heavy atom. The number of aryl methyl sites for hydroxylation is 1. The standard InChI is InChI=1S/C25H26N2O4S/c1-4-31-18-13-11-17(12-14-18)27-24(28)22-19-8-6-10-21(19)32-25(22)26-15-16-7-5-9-20(29-2)23(16)30-3/h5,7,9,11-15H,4,6,8,10H2,1-3H3,(H,27,28)/b26-15+. The Bertz CT molecular complexity index is 1140. The van der Waals surface area contributed by atoms with E-state index in [1.807, 2.05) is 49.4 Å². The van der Waals surface area contributed by atoms with Crippen molar-refractivity contribution < 1.29 is 19.0 Å². The molecule has 6 nitrogen and oxygen atoms in total. The fraction of sp³-hybridized carbons (Fsp3) is 0.280. The first-order valence-corrected chi connectivity index (χ1v) is 11.4. The average molecular weight is 451 g/mol. The Hall–Kier alpha value is -3.32. The molecule has 2 aromatic carbocycles. The molecule has 1 N–H and O–H groups in total. The van der Waals surface area contributed by atoms with Crippen LogP contribution in [0.15, 0.2) is 47.5 Å². The molecule has 0 fully saturated rings. The van der Waals surface area contributed by atoms with Gasteiger partial charge in [0, 0.05) is 22.3 Å². The molecule has 0 atom stereocenters. The van der Waals surface area contributed by atoms with Crippen molar-refractivity contribution in [3.8, 4) is 17.2 Å². The Kier molecular flexibility index (Phi) is 6.75. The van der Waals surface area contributed by atoms with E-state index in [1.165, 1.54) is 4.88 Å². The van der Waals surface area contributed by atoms with Gasteiger partial charge in [-0.3, -0.25) is 4.79 Å². The van der Waals surface area contributed by atoms with Crippen LogP contribution in [0.3, 0.4) is 0 Å². The zero-order chi connectivity index (χ0) is 22.5. The topological polar surface area (TPSA) is 69.2 Å². The summed E-state index contributed by atoms with van der Waals surface area (Å²) >= 11 is 1.59. The first kappa shape index (κ1) is 21.9. The molecule has 0 bridgehead atoms. The van der Waals surface area contributed by atoms with Gasteiger partial charge in [-0.05, 0) is 68.1 Å². The van der Waals surface area contributed by atoms with Crippen molar-refractivity contribution in [2.45, 2.75) is 26.2 Å². The molecule has 4 rings (SSSR count).